The Morgan fingerprint density at radius 3 is 1.00 bits per heavy atom. The lowest BCUT2D eigenvalue weighted by atomic mass is 10.0. The van der Waals surface area contributed by atoms with E-state index in [1.165, 1.54) is 295 Å². The van der Waals surface area contributed by atoms with E-state index in [2.05, 4.69) is 43.5 Å². The SMILES string of the molecule is CCCCCCCCCCCCCCCCCCCCC/C=C/CC/C=C/CC/C=C/C(O)C(COP(=O)(O)OCC[N+](C)(C)C)NC(=O)CCCCCCCCCCCCCCCCCCCCCCCCCCCCCCC. The van der Waals surface area contributed by atoms with E-state index in [1.54, 1.807) is 6.08 Å². The maximum atomic E-state index is 13.0. The summed E-state index contributed by atoms with van der Waals surface area (Å²) in [5, 5.41) is 14.0. The number of carbonyl (C=O) groups is 1. The van der Waals surface area contributed by atoms with Crippen molar-refractivity contribution in [2.75, 3.05) is 40.9 Å². The summed E-state index contributed by atoms with van der Waals surface area (Å²) in [7, 11) is 1.56. The number of nitrogens with one attached hydrogen (secondary N) is 1. The number of nitrogens with zero attached hydrogens (tertiary/aromatic N) is 1. The van der Waals surface area contributed by atoms with Gasteiger partial charge in [-0.05, 0) is 44.9 Å². The van der Waals surface area contributed by atoms with Crippen molar-refractivity contribution in [2.24, 2.45) is 0 Å². The van der Waals surface area contributed by atoms with Crippen molar-refractivity contribution in [3.63, 3.8) is 0 Å². The van der Waals surface area contributed by atoms with Crippen LogP contribution in [-0.2, 0) is 18.4 Å². The van der Waals surface area contributed by atoms with Gasteiger partial charge in [-0.25, -0.2) is 4.57 Å². The molecule has 0 bridgehead atoms. The van der Waals surface area contributed by atoms with Crippen molar-refractivity contribution < 1.29 is 32.9 Å². The van der Waals surface area contributed by atoms with E-state index in [0.717, 1.165) is 44.9 Å². The summed E-state index contributed by atoms with van der Waals surface area (Å²) in [5.41, 5.74) is 0. The van der Waals surface area contributed by atoms with Crippen molar-refractivity contribution in [2.45, 2.75) is 373 Å². The number of unbranched alkanes of at least 4 members (excludes halogenated alkanes) is 49. The lowest BCUT2D eigenvalue weighted by Gasteiger charge is -2.25. The second-order valence-electron chi connectivity index (χ2n) is 25.6. The molecular weight excluding hydrogens is 1010 g/mol. The molecule has 0 aromatic carbocycles. The highest BCUT2D eigenvalue weighted by Gasteiger charge is 2.28. The van der Waals surface area contributed by atoms with E-state index in [4.69, 9.17) is 9.05 Å². The first-order valence-electron chi connectivity index (χ1n) is 35.4. The molecule has 0 radical (unpaired) electrons. The number of aliphatic hydroxyl groups is 1. The first-order chi connectivity index (χ1) is 39.0. The maximum absolute atomic E-state index is 13.0. The van der Waals surface area contributed by atoms with Crippen LogP contribution in [0.3, 0.4) is 0 Å². The zero-order valence-corrected chi connectivity index (χ0v) is 55.2. The molecule has 0 heterocycles. The molecule has 0 spiro atoms. The third-order valence-electron chi connectivity index (χ3n) is 16.3. The molecule has 1 amide bonds. The number of quaternary nitrogens is 1. The summed E-state index contributed by atoms with van der Waals surface area (Å²) in [6.45, 7) is 4.85. The Morgan fingerprint density at radius 1 is 0.412 bits per heavy atom. The van der Waals surface area contributed by atoms with E-state index >= 15 is 0 Å². The van der Waals surface area contributed by atoms with E-state index in [0.29, 0.717) is 17.4 Å². The molecule has 9 heteroatoms. The highest BCUT2D eigenvalue weighted by molar-refractivity contribution is 7.47. The molecule has 0 saturated carbocycles. The first kappa shape index (κ1) is 78.7. The van der Waals surface area contributed by atoms with Gasteiger partial charge in [0.2, 0.25) is 5.91 Å². The lowest BCUT2D eigenvalue weighted by molar-refractivity contribution is -0.870. The van der Waals surface area contributed by atoms with Crippen molar-refractivity contribution in [1.82, 2.24) is 5.32 Å². The van der Waals surface area contributed by atoms with Crippen LogP contribution in [0.15, 0.2) is 36.5 Å². The zero-order chi connectivity index (χ0) is 58.4. The fraction of sp³-hybridized carbons (Fsp3) is 0.901. The molecule has 0 aromatic heterocycles. The predicted molar refractivity (Wildman–Crippen MR) is 351 cm³/mol. The minimum Gasteiger partial charge on any atom is -0.387 e. The molecule has 3 atom stereocenters. The summed E-state index contributed by atoms with van der Waals surface area (Å²) in [4.78, 5) is 23.4. The molecule has 0 aliphatic heterocycles. The minimum absolute atomic E-state index is 0.0554. The highest BCUT2D eigenvalue weighted by atomic mass is 31.2. The van der Waals surface area contributed by atoms with Gasteiger partial charge in [-0.3, -0.25) is 13.8 Å². The van der Waals surface area contributed by atoms with Crippen LogP contribution >= 0.6 is 7.82 Å². The predicted octanol–water partition coefficient (Wildman–Crippen LogP) is 22.4. The van der Waals surface area contributed by atoms with Crippen LogP contribution in [0.4, 0.5) is 0 Å². The van der Waals surface area contributed by atoms with Crippen LogP contribution in [-0.4, -0.2) is 73.4 Å². The molecule has 474 valence electrons. The fourth-order valence-corrected chi connectivity index (χ4v) is 11.6. The van der Waals surface area contributed by atoms with Crippen LogP contribution in [0, 0.1) is 0 Å². The highest BCUT2D eigenvalue weighted by Crippen LogP contribution is 2.43. The third-order valence-corrected chi connectivity index (χ3v) is 17.3. The number of carbonyl (C=O) groups excluding carboxylic acids is 1. The maximum Gasteiger partial charge on any atom is 0.472 e. The van der Waals surface area contributed by atoms with Crippen LogP contribution in [0.5, 0.6) is 0 Å². The molecule has 0 aliphatic rings. The summed E-state index contributed by atoms with van der Waals surface area (Å²) in [6, 6.07) is -0.869. The fourth-order valence-electron chi connectivity index (χ4n) is 10.8. The van der Waals surface area contributed by atoms with Crippen LogP contribution in [0.1, 0.15) is 361 Å². The molecule has 0 aliphatic carbocycles. The number of phosphoric acid groups is 1. The Hall–Kier alpha value is -1.28. The van der Waals surface area contributed by atoms with Gasteiger partial charge in [-0.2, -0.15) is 0 Å². The molecule has 80 heavy (non-hydrogen) atoms. The number of allylic oxidation sites excluding steroid dienone is 5. The number of hydrogen-bond donors (Lipinski definition) is 3. The molecular formula is C71H140N2O6P+. The molecule has 8 nitrogen and oxygen atoms in total. The lowest BCUT2D eigenvalue weighted by Crippen LogP contribution is -2.45. The topological polar surface area (TPSA) is 105 Å². The van der Waals surface area contributed by atoms with Gasteiger partial charge < -0.3 is 19.8 Å². The Labute approximate surface area is 499 Å². The molecule has 0 rings (SSSR count). The normalized spacial score (nSPS) is 13.8. The van der Waals surface area contributed by atoms with Crippen molar-refractivity contribution >= 4 is 13.7 Å². The number of rotatable bonds is 66. The van der Waals surface area contributed by atoms with Gasteiger partial charge in [0.25, 0.3) is 0 Å². The summed E-state index contributed by atoms with van der Waals surface area (Å²) in [5.74, 6) is -0.183. The third kappa shape index (κ3) is 64.3. The summed E-state index contributed by atoms with van der Waals surface area (Å²) < 4.78 is 23.8. The van der Waals surface area contributed by atoms with Crippen LogP contribution in [0.25, 0.3) is 0 Å². The van der Waals surface area contributed by atoms with Crippen LogP contribution in [0.2, 0.25) is 0 Å². The average molecular weight is 1150 g/mol. The van der Waals surface area contributed by atoms with Gasteiger partial charge in [-0.1, -0.05) is 346 Å². The second-order valence-corrected chi connectivity index (χ2v) is 27.1. The van der Waals surface area contributed by atoms with E-state index in [9.17, 15) is 19.4 Å². The number of likely N-dealkylation sites (N-methyl/N-ethyl adjacent to an activating group) is 1. The van der Waals surface area contributed by atoms with Gasteiger partial charge in [0.1, 0.15) is 13.2 Å². The monoisotopic (exact) mass is 1150 g/mol. The van der Waals surface area contributed by atoms with Gasteiger partial charge in [-0.15, -0.1) is 0 Å². The molecule has 0 fully saturated rings. The smallest absolute Gasteiger partial charge is 0.387 e. The quantitative estimate of drug-likeness (QED) is 0.0243. The van der Waals surface area contributed by atoms with Crippen molar-refractivity contribution in [1.29, 1.82) is 0 Å². The van der Waals surface area contributed by atoms with Crippen molar-refractivity contribution in [3.8, 4) is 0 Å². The van der Waals surface area contributed by atoms with Crippen LogP contribution < -0.4 is 5.32 Å². The summed E-state index contributed by atoms with van der Waals surface area (Å²) in [6.07, 6.45) is 83.1. The standard InChI is InChI=1S/C71H139N2O6P/c1-6-8-10-12-14-16-18-20-22-24-26-28-30-32-34-36-38-40-42-44-46-48-50-52-54-56-58-60-62-64-70(74)69(68-79-80(76,77)78-67-66-73(3,4)5)72-71(75)65-63-61-59-57-55-53-51-49-47-45-43-41-39-37-35-33-31-29-27-25-23-21-19-17-15-13-11-9-7-2/h46,48,54,56,62,64,69-70,74H,6-45,47,49-53,55,57-61,63,65-68H2,1-5H3,(H-,72,75,76,77)/p+1/b48-46+,56-54+,64-62+. The zero-order valence-electron chi connectivity index (χ0n) is 54.3. The Kier molecular flexibility index (Phi) is 61.3. The van der Waals surface area contributed by atoms with E-state index < -0.39 is 20.0 Å². The van der Waals surface area contributed by atoms with Gasteiger partial charge in [0.15, 0.2) is 0 Å². The second kappa shape index (κ2) is 62.3. The Balaban J connectivity index is 4.10. The Bertz CT molecular complexity index is 1400. The number of phosphoric ester groups is 1. The van der Waals surface area contributed by atoms with Gasteiger partial charge in [0, 0.05) is 6.42 Å². The molecule has 3 unspecified atom stereocenters. The Morgan fingerprint density at radius 2 is 0.688 bits per heavy atom. The molecule has 0 saturated heterocycles. The largest absolute Gasteiger partial charge is 0.472 e. The number of amides is 1. The van der Waals surface area contributed by atoms with Gasteiger partial charge >= 0.3 is 7.82 Å². The van der Waals surface area contributed by atoms with Crippen molar-refractivity contribution in [3.05, 3.63) is 36.5 Å². The number of hydrogen-bond acceptors (Lipinski definition) is 5. The minimum atomic E-state index is -4.36. The molecule has 3 N–H and O–H groups in total. The number of aliphatic hydroxyl groups excluding tert-OH is 1. The molecule has 0 aromatic rings. The van der Waals surface area contributed by atoms with E-state index in [-0.39, 0.29) is 19.1 Å². The van der Waals surface area contributed by atoms with Gasteiger partial charge in [0.05, 0.1) is 39.9 Å². The van der Waals surface area contributed by atoms with E-state index in [1.807, 2.05) is 27.2 Å². The average Bonchev–Trinajstić information content (AvgIpc) is 3.42. The first-order valence-corrected chi connectivity index (χ1v) is 36.9. The summed E-state index contributed by atoms with van der Waals surface area (Å²) >= 11 is 0.